The number of anilines is 1. The molecule has 1 amide bonds. The molecule has 2 rings (SSSR count). The predicted molar refractivity (Wildman–Crippen MR) is 91.4 cm³/mol. The van der Waals surface area contributed by atoms with E-state index in [0.29, 0.717) is 5.69 Å². The Balaban J connectivity index is 2.40. The van der Waals surface area contributed by atoms with Gasteiger partial charge in [0.1, 0.15) is 6.10 Å². The monoisotopic (exact) mass is 297 g/mol. The molecule has 116 valence electrons. The summed E-state index contributed by atoms with van der Waals surface area (Å²) in [7, 11) is 0. The summed E-state index contributed by atoms with van der Waals surface area (Å²) in [6, 6.07) is 5.66. The molecule has 1 aromatic rings. The normalized spacial score (nSPS) is 21.0. The molecule has 0 bridgehead atoms. The molecule has 22 heavy (non-hydrogen) atoms. The highest BCUT2D eigenvalue weighted by Gasteiger charge is 2.30. The molecule has 1 aliphatic carbocycles. The zero-order valence-electron chi connectivity index (χ0n) is 13.6. The summed E-state index contributed by atoms with van der Waals surface area (Å²) in [5.74, 6) is -0.0481. The van der Waals surface area contributed by atoms with Gasteiger partial charge in [0.05, 0.1) is 0 Å². The first-order valence-electron chi connectivity index (χ1n) is 7.42. The number of carbonyl (C=O) groups excluding carboxylic acids is 1. The number of hydrogen-bond donors (Lipinski definition) is 2. The molecule has 1 aliphatic rings. The lowest BCUT2D eigenvalue weighted by atomic mass is 9.95. The van der Waals surface area contributed by atoms with Crippen LogP contribution in [0.2, 0.25) is 0 Å². The van der Waals surface area contributed by atoms with Crippen LogP contribution >= 0.6 is 0 Å². The van der Waals surface area contributed by atoms with Crippen LogP contribution in [0.15, 0.2) is 48.6 Å². The van der Waals surface area contributed by atoms with Crippen molar-refractivity contribution in [2.45, 2.75) is 33.8 Å². The van der Waals surface area contributed by atoms with Crippen LogP contribution in [0, 0.1) is 5.41 Å². The van der Waals surface area contributed by atoms with Gasteiger partial charge in [0, 0.05) is 11.1 Å². The zero-order chi connectivity index (χ0) is 16.5. The number of allylic oxidation sites excluding steroid dienone is 3. The number of fused-ring (bicyclic) bond motifs is 1. The van der Waals surface area contributed by atoms with Crippen LogP contribution in [0.1, 0.15) is 44.9 Å². The number of nitrogens with one attached hydrogen (secondary N) is 1. The van der Waals surface area contributed by atoms with Gasteiger partial charge in [-0.2, -0.15) is 0 Å². The first kappa shape index (κ1) is 16.2. The fourth-order valence-corrected chi connectivity index (χ4v) is 2.53. The maximum absolute atomic E-state index is 12.1. The number of aliphatic hydroxyl groups excluding tert-OH is 1. The third-order valence-electron chi connectivity index (χ3n) is 3.77. The van der Waals surface area contributed by atoms with E-state index >= 15 is 0 Å². The van der Waals surface area contributed by atoms with Gasteiger partial charge in [0.2, 0.25) is 5.91 Å². The first-order valence-corrected chi connectivity index (χ1v) is 7.42. The van der Waals surface area contributed by atoms with Crippen molar-refractivity contribution in [1.29, 1.82) is 0 Å². The Kier molecular flexibility index (Phi) is 4.38. The first-order chi connectivity index (χ1) is 10.3. The summed E-state index contributed by atoms with van der Waals surface area (Å²) < 4.78 is 0. The molecule has 1 unspecified atom stereocenters. The maximum Gasteiger partial charge on any atom is 0.229 e. The van der Waals surface area contributed by atoms with Crippen molar-refractivity contribution < 1.29 is 9.90 Å². The lowest BCUT2D eigenvalue weighted by Gasteiger charge is -2.18. The van der Waals surface area contributed by atoms with Gasteiger partial charge in [-0.05, 0) is 41.3 Å². The largest absolute Gasteiger partial charge is 0.384 e. The molecule has 0 heterocycles. The highest BCUT2D eigenvalue weighted by molar-refractivity contribution is 5.95. The minimum Gasteiger partial charge on any atom is -0.384 e. The molecule has 0 saturated heterocycles. The fourth-order valence-electron chi connectivity index (χ4n) is 2.53. The van der Waals surface area contributed by atoms with Gasteiger partial charge in [-0.1, -0.05) is 51.6 Å². The molecule has 2 N–H and O–H groups in total. The van der Waals surface area contributed by atoms with Crippen LogP contribution in [0.5, 0.6) is 0 Å². The lowest BCUT2D eigenvalue weighted by Crippen LogP contribution is -2.27. The van der Waals surface area contributed by atoms with Gasteiger partial charge in [-0.15, -0.1) is 0 Å². The molecule has 0 radical (unpaired) electrons. The fraction of sp³-hybridized carbons (Fsp3) is 0.316. The molecule has 0 fully saturated rings. The third kappa shape index (κ3) is 2.90. The lowest BCUT2D eigenvalue weighted by molar-refractivity contribution is -0.123. The average Bonchev–Trinajstić information content (AvgIpc) is 2.71. The number of aliphatic hydroxyl groups is 1. The summed E-state index contributed by atoms with van der Waals surface area (Å²) in [6.07, 6.45) is 4.80. The Labute approximate surface area is 132 Å². The Morgan fingerprint density at radius 2 is 2.05 bits per heavy atom. The number of hydrogen-bond acceptors (Lipinski definition) is 2. The second kappa shape index (κ2) is 5.93. The Hall–Kier alpha value is -2.13. The third-order valence-corrected chi connectivity index (χ3v) is 3.77. The minimum absolute atomic E-state index is 0.0481. The van der Waals surface area contributed by atoms with Crippen molar-refractivity contribution in [2.24, 2.45) is 5.41 Å². The Bertz CT molecular complexity index is 675. The van der Waals surface area contributed by atoms with E-state index in [1.165, 1.54) is 0 Å². The van der Waals surface area contributed by atoms with Crippen molar-refractivity contribution in [3.63, 3.8) is 0 Å². The van der Waals surface area contributed by atoms with Crippen LogP contribution in [-0.4, -0.2) is 11.0 Å². The summed E-state index contributed by atoms with van der Waals surface area (Å²) in [6.45, 7) is 11.3. The van der Waals surface area contributed by atoms with Crippen molar-refractivity contribution in [3.8, 4) is 0 Å². The molecule has 0 aliphatic heterocycles. The highest BCUT2D eigenvalue weighted by atomic mass is 16.3. The smallest absolute Gasteiger partial charge is 0.229 e. The standard InChI is InChI=1S/C19H23NO2/c1-6-8-15-13(7-2)14-10-9-12(11-16(14)17(15)21)20-18(22)19(3,4)5/h6-11,17,21H,1H2,2-5H3,(H,20,22)/b13-7-,15-8+. The van der Waals surface area contributed by atoms with E-state index in [1.54, 1.807) is 6.08 Å². The predicted octanol–water partition coefficient (Wildman–Crippen LogP) is 4.23. The van der Waals surface area contributed by atoms with E-state index < -0.39 is 11.5 Å². The number of benzene rings is 1. The SMILES string of the molecule is C=C/C=C1\C(=C/C)c2ccc(NC(=O)C(C)(C)C)cc2C1O. The van der Waals surface area contributed by atoms with Crippen LogP contribution in [0.3, 0.4) is 0 Å². The molecule has 1 aromatic carbocycles. The molecule has 3 nitrogen and oxygen atoms in total. The molecular formula is C19H23NO2. The summed E-state index contributed by atoms with van der Waals surface area (Å²) in [4.78, 5) is 12.1. The molecular weight excluding hydrogens is 274 g/mol. The Morgan fingerprint density at radius 1 is 1.36 bits per heavy atom. The van der Waals surface area contributed by atoms with Gasteiger partial charge in [-0.3, -0.25) is 4.79 Å². The summed E-state index contributed by atoms with van der Waals surface area (Å²) in [5, 5.41) is 13.4. The second-order valence-corrected chi connectivity index (χ2v) is 6.47. The average molecular weight is 297 g/mol. The highest BCUT2D eigenvalue weighted by Crippen LogP contribution is 2.45. The molecule has 3 heteroatoms. The zero-order valence-corrected chi connectivity index (χ0v) is 13.6. The van der Waals surface area contributed by atoms with Crippen LogP contribution in [-0.2, 0) is 4.79 Å². The summed E-state index contributed by atoms with van der Waals surface area (Å²) in [5.41, 5.74) is 3.90. The van der Waals surface area contributed by atoms with Gasteiger partial charge >= 0.3 is 0 Å². The molecule has 0 saturated carbocycles. The van der Waals surface area contributed by atoms with Gasteiger partial charge in [-0.25, -0.2) is 0 Å². The van der Waals surface area contributed by atoms with E-state index in [2.05, 4.69) is 11.9 Å². The van der Waals surface area contributed by atoms with E-state index in [-0.39, 0.29) is 5.91 Å². The van der Waals surface area contributed by atoms with Gasteiger partial charge in [0.25, 0.3) is 0 Å². The van der Waals surface area contributed by atoms with E-state index in [0.717, 1.165) is 22.3 Å². The summed E-state index contributed by atoms with van der Waals surface area (Å²) >= 11 is 0. The van der Waals surface area contributed by atoms with E-state index in [1.807, 2.05) is 58.0 Å². The molecule has 0 aromatic heterocycles. The van der Waals surface area contributed by atoms with Crippen molar-refractivity contribution in [3.05, 3.63) is 59.7 Å². The molecule has 0 spiro atoms. The van der Waals surface area contributed by atoms with Gasteiger partial charge < -0.3 is 10.4 Å². The van der Waals surface area contributed by atoms with Crippen LogP contribution < -0.4 is 5.32 Å². The van der Waals surface area contributed by atoms with Gasteiger partial charge in [0.15, 0.2) is 0 Å². The van der Waals surface area contributed by atoms with Crippen molar-refractivity contribution >= 4 is 17.2 Å². The number of carbonyl (C=O) groups is 1. The Morgan fingerprint density at radius 3 is 2.59 bits per heavy atom. The minimum atomic E-state index is -0.689. The van der Waals surface area contributed by atoms with Crippen molar-refractivity contribution in [1.82, 2.24) is 0 Å². The van der Waals surface area contributed by atoms with Crippen LogP contribution in [0.4, 0.5) is 5.69 Å². The maximum atomic E-state index is 12.1. The quantitative estimate of drug-likeness (QED) is 0.858. The van der Waals surface area contributed by atoms with Crippen molar-refractivity contribution in [2.75, 3.05) is 5.32 Å². The van der Waals surface area contributed by atoms with E-state index in [9.17, 15) is 9.90 Å². The number of rotatable bonds is 2. The number of amides is 1. The van der Waals surface area contributed by atoms with E-state index in [4.69, 9.17) is 0 Å². The topological polar surface area (TPSA) is 49.3 Å². The van der Waals surface area contributed by atoms with Crippen LogP contribution in [0.25, 0.3) is 5.57 Å². The second-order valence-electron chi connectivity index (χ2n) is 6.47. The molecule has 1 atom stereocenters.